The molecule has 3 rings (SSSR count). The first-order chi connectivity index (χ1) is 9.71. The largest absolute Gasteiger partial charge is 0.488 e. The van der Waals surface area contributed by atoms with Gasteiger partial charge in [-0.3, -0.25) is 0 Å². The predicted molar refractivity (Wildman–Crippen MR) is 83.6 cm³/mol. The van der Waals surface area contributed by atoms with Gasteiger partial charge in [0.1, 0.15) is 11.9 Å². The van der Waals surface area contributed by atoms with Crippen LogP contribution in [-0.4, -0.2) is 19.2 Å². The highest BCUT2D eigenvalue weighted by Crippen LogP contribution is 2.40. The van der Waals surface area contributed by atoms with E-state index in [0.717, 1.165) is 30.3 Å². The van der Waals surface area contributed by atoms with E-state index in [0.29, 0.717) is 5.41 Å². The molecular weight excluding hydrogens is 270 g/mol. The minimum absolute atomic E-state index is 0.263. The van der Waals surface area contributed by atoms with Gasteiger partial charge in [-0.1, -0.05) is 31.4 Å². The quantitative estimate of drug-likeness (QED) is 0.878. The molecule has 0 amide bonds. The van der Waals surface area contributed by atoms with Crippen molar-refractivity contribution < 1.29 is 4.74 Å². The second-order valence-corrected chi connectivity index (χ2v) is 6.82. The molecule has 0 radical (unpaired) electrons. The molecule has 1 aliphatic carbocycles. The van der Waals surface area contributed by atoms with Crippen LogP contribution >= 0.6 is 11.6 Å². The monoisotopic (exact) mass is 293 g/mol. The Balaban J connectivity index is 1.49. The zero-order chi connectivity index (χ0) is 14.0. The molecule has 0 spiro atoms. The average molecular weight is 294 g/mol. The zero-order valence-corrected chi connectivity index (χ0v) is 13.0. The number of fused-ring (bicyclic) bond motifs is 1. The molecule has 2 nitrogen and oxygen atoms in total. The van der Waals surface area contributed by atoms with Crippen molar-refractivity contribution in [3.05, 3.63) is 28.8 Å². The van der Waals surface area contributed by atoms with Gasteiger partial charge in [-0.15, -0.1) is 0 Å². The van der Waals surface area contributed by atoms with Crippen molar-refractivity contribution in [1.29, 1.82) is 0 Å². The Bertz CT molecular complexity index is 468. The maximum absolute atomic E-state index is 6.03. The summed E-state index contributed by atoms with van der Waals surface area (Å²) < 4.78 is 5.97. The van der Waals surface area contributed by atoms with Crippen molar-refractivity contribution >= 4 is 11.6 Å². The summed E-state index contributed by atoms with van der Waals surface area (Å²) in [4.78, 5) is 0. The van der Waals surface area contributed by atoms with Crippen molar-refractivity contribution in [2.75, 3.05) is 13.1 Å². The summed E-state index contributed by atoms with van der Waals surface area (Å²) >= 11 is 6.03. The topological polar surface area (TPSA) is 21.3 Å². The molecule has 1 aromatic rings. The van der Waals surface area contributed by atoms with Crippen LogP contribution in [0.25, 0.3) is 0 Å². The van der Waals surface area contributed by atoms with E-state index in [-0.39, 0.29) is 6.10 Å². The molecule has 1 heterocycles. The van der Waals surface area contributed by atoms with E-state index in [4.69, 9.17) is 16.3 Å². The molecule has 0 saturated heterocycles. The van der Waals surface area contributed by atoms with Gasteiger partial charge in [-0.25, -0.2) is 0 Å². The number of rotatable bonds is 5. The van der Waals surface area contributed by atoms with E-state index in [1.165, 1.54) is 37.7 Å². The van der Waals surface area contributed by atoms with Crippen LogP contribution in [0.1, 0.15) is 44.6 Å². The van der Waals surface area contributed by atoms with Gasteiger partial charge in [-0.05, 0) is 48.4 Å². The van der Waals surface area contributed by atoms with E-state index in [9.17, 15) is 0 Å². The first kappa shape index (κ1) is 14.2. The Hall–Kier alpha value is -0.730. The van der Waals surface area contributed by atoms with Gasteiger partial charge in [0, 0.05) is 24.5 Å². The lowest BCUT2D eigenvalue weighted by molar-refractivity contribution is 0.206. The minimum atomic E-state index is 0.263. The van der Waals surface area contributed by atoms with Crippen LogP contribution in [0.4, 0.5) is 0 Å². The number of benzene rings is 1. The van der Waals surface area contributed by atoms with Crippen LogP contribution in [0.3, 0.4) is 0 Å². The maximum Gasteiger partial charge on any atom is 0.123 e. The molecule has 20 heavy (non-hydrogen) atoms. The van der Waals surface area contributed by atoms with Crippen LogP contribution in [0.15, 0.2) is 18.2 Å². The van der Waals surface area contributed by atoms with Gasteiger partial charge in [0.05, 0.1) is 0 Å². The third kappa shape index (κ3) is 2.96. The lowest BCUT2D eigenvalue weighted by Crippen LogP contribution is -2.37. The maximum atomic E-state index is 6.03. The Morgan fingerprint density at radius 3 is 2.90 bits per heavy atom. The van der Waals surface area contributed by atoms with Crippen molar-refractivity contribution in [3.63, 3.8) is 0 Å². The van der Waals surface area contributed by atoms with Crippen LogP contribution < -0.4 is 10.1 Å². The van der Waals surface area contributed by atoms with E-state index in [2.05, 4.69) is 12.2 Å². The molecule has 0 aromatic heterocycles. The second-order valence-electron chi connectivity index (χ2n) is 6.39. The first-order valence-corrected chi connectivity index (χ1v) is 8.24. The van der Waals surface area contributed by atoms with Crippen LogP contribution in [-0.2, 0) is 6.42 Å². The summed E-state index contributed by atoms with van der Waals surface area (Å²) in [7, 11) is 0. The number of halogens is 1. The normalized spacial score (nSPS) is 23.6. The van der Waals surface area contributed by atoms with Crippen LogP contribution in [0, 0.1) is 5.41 Å². The molecule has 3 heteroatoms. The van der Waals surface area contributed by atoms with Crippen LogP contribution in [0.5, 0.6) is 5.75 Å². The van der Waals surface area contributed by atoms with Gasteiger partial charge in [0.15, 0.2) is 0 Å². The molecule has 1 unspecified atom stereocenters. The lowest BCUT2D eigenvalue weighted by atomic mass is 9.83. The summed E-state index contributed by atoms with van der Waals surface area (Å²) in [5.41, 5.74) is 1.80. The fourth-order valence-corrected chi connectivity index (χ4v) is 3.88. The highest BCUT2D eigenvalue weighted by Gasteiger charge is 2.32. The van der Waals surface area contributed by atoms with Gasteiger partial charge in [0.25, 0.3) is 0 Å². The van der Waals surface area contributed by atoms with Crippen molar-refractivity contribution in [2.45, 2.75) is 51.6 Å². The average Bonchev–Trinajstić information content (AvgIpc) is 3.05. The van der Waals surface area contributed by atoms with E-state index in [1.54, 1.807) is 0 Å². The fraction of sp³-hybridized carbons (Fsp3) is 0.647. The number of hydrogen-bond acceptors (Lipinski definition) is 2. The molecule has 1 saturated carbocycles. The third-order valence-corrected chi connectivity index (χ3v) is 5.29. The third-order valence-electron chi connectivity index (χ3n) is 5.05. The lowest BCUT2D eigenvalue weighted by Gasteiger charge is -2.28. The Morgan fingerprint density at radius 1 is 1.35 bits per heavy atom. The van der Waals surface area contributed by atoms with Gasteiger partial charge in [-0.2, -0.15) is 0 Å². The van der Waals surface area contributed by atoms with E-state index >= 15 is 0 Å². The number of nitrogens with one attached hydrogen (secondary N) is 1. The van der Waals surface area contributed by atoms with Crippen molar-refractivity contribution in [3.8, 4) is 5.75 Å². The molecule has 2 aliphatic rings. The zero-order valence-electron chi connectivity index (χ0n) is 12.3. The molecule has 1 atom stereocenters. The predicted octanol–water partition coefficient (Wildman–Crippen LogP) is 4.20. The highest BCUT2D eigenvalue weighted by molar-refractivity contribution is 6.30. The molecule has 1 aromatic carbocycles. The van der Waals surface area contributed by atoms with Crippen LogP contribution in [0.2, 0.25) is 5.02 Å². The Labute approximate surface area is 126 Å². The summed E-state index contributed by atoms with van der Waals surface area (Å²) in [6, 6.07) is 5.92. The Morgan fingerprint density at radius 2 is 2.15 bits per heavy atom. The van der Waals surface area contributed by atoms with E-state index < -0.39 is 0 Å². The standard InChI is InChI=1S/C17H24ClNO/c1-2-17(7-3-4-8-17)12-19-11-15-10-13-9-14(18)5-6-16(13)20-15/h5-6,9,15,19H,2-4,7-8,10-12H2,1H3. The summed E-state index contributed by atoms with van der Waals surface area (Å²) in [6.07, 6.45) is 8.11. The SMILES string of the molecule is CCC1(CNCC2Cc3cc(Cl)ccc3O2)CCCC1. The minimum Gasteiger partial charge on any atom is -0.488 e. The summed E-state index contributed by atoms with van der Waals surface area (Å²) in [5, 5.41) is 4.46. The fourth-order valence-electron chi connectivity index (χ4n) is 3.68. The second kappa shape index (κ2) is 5.95. The molecule has 1 fully saturated rings. The van der Waals surface area contributed by atoms with Gasteiger partial charge < -0.3 is 10.1 Å². The molecular formula is C17H24ClNO. The number of hydrogen-bond donors (Lipinski definition) is 1. The van der Waals surface area contributed by atoms with Gasteiger partial charge in [0.2, 0.25) is 0 Å². The summed E-state index contributed by atoms with van der Waals surface area (Å²) in [6.45, 7) is 4.41. The molecule has 1 N–H and O–H groups in total. The molecule has 110 valence electrons. The van der Waals surface area contributed by atoms with E-state index in [1.807, 2.05) is 18.2 Å². The van der Waals surface area contributed by atoms with Gasteiger partial charge >= 0.3 is 0 Å². The molecule has 0 bridgehead atoms. The van der Waals surface area contributed by atoms with Crippen molar-refractivity contribution in [2.24, 2.45) is 5.41 Å². The summed E-state index contributed by atoms with van der Waals surface area (Å²) in [5.74, 6) is 1.01. The number of ether oxygens (including phenoxy) is 1. The highest BCUT2D eigenvalue weighted by atomic mass is 35.5. The Kier molecular flexibility index (Phi) is 4.23. The first-order valence-electron chi connectivity index (χ1n) is 7.87. The van der Waals surface area contributed by atoms with Crippen molar-refractivity contribution in [1.82, 2.24) is 5.32 Å². The smallest absolute Gasteiger partial charge is 0.123 e. The molecule has 1 aliphatic heterocycles.